The molecule has 0 atom stereocenters. The van der Waals surface area contributed by atoms with E-state index in [0.29, 0.717) is 22.9 Å². The number of pyridine rings is 1. The number of rotatable bonds is 3. The lowest BCUT2D eigenvalue weighted by molar-refractivity contribution is 0.0938. The smallest absolute Gasteiger partial charge is 0.269 e. The average molecular weight is 270 g/mol. The highest BCUT2D eigenvalue weighted by atomic mass is 16.2. The molecule has 0 aliphatic heterocycles. The van der Waals surface area contributed by atoms with Crippen LogP contribution in [0.2, 0.25) is 0 Å². The molecule has 2 N–H and O–H groups in total. The zero-order valence-electron chi connectivity index (χ0n) is 11.2. The lowest BCUT2D eigenvalue weighted by Gasteiger charge is -2.05. The van der Waals surface area contributed by atoms with Gasteiger partial charge in [0.25, 0.3) is 5.91 Å². The molecule has 0 aliphatic carbocycles. The third kappa shape index (κ3) is 2.13. The van der Waals surface area contributed by atoms with Gasteiger partial charge < -0.3 is 5.32 Å². The highest BCUT2D eigenvalue weighted by Gasteiger charge is 2.15. The Kier molecular flexibility index (Phi) is 2.94. The van der Waals surface area contributed by atoms with E-state index in [9.17, 15) is 4.79 Å². The Morgan fingerprint density at radius 1 is 1.35 bits per heavy atom. The minimum atomic E-state index is -0.169. The Bertz CT molecular complexity index is 743. The lowest BCUT2D eigenvalue weighted by Crippen LogP contribution is -2.30. The van der Waals surface area contributed by atoms with Crippen molar-refractivity contribution >= 4 is 11.6 Å². The van der Waals surface area contributed by atoms with Crippen LogP contribution < -0.4 is 5.32 Å². The molecule has 0 saturated heterocycles. The van der Waals surface area contributed by atoms with Gasteiger partial charge in [-0.2, -0.15) is 0 Å². The Hall–Kier alpha value is -2.70. The minimum Gasteiger partial charge on any atom is -0.349 e. The molecule has 0 fully saturated rings. The maximum absolute atomic E-state index is 12.0. The van der Waals surface area contributed by atoms with E-state index in [1.807, 2.05) is 32.0 Å². The van der Waals surface area contributed by atoms with Gasteiger partial charge in [-0.25, -0.2) is 4.52 Å². The summed E-state index contributed by atoms with van der Waals surface area (Å²) < 4.78 is 1.65. The summed E-state index contributed by atoms with van der Waals surface area (Å²) in [4.78, 5) is 16.2. The number of nitrogens with one attached hydrogen (secondary N) is 2. The van der Waals surface area contributed by atoms with E-state index in [1.54, 1.807) is 16.8 Å². The van der Waals surface area contributed by atoms with Gasteiger partial charge in [0.1, 0.15) is 11.4 Å². The fourth-order valence-corrected chi connectivity index (χ4v) is 1.90. The maximum Gasteiger partial charge on any atom is 0.269 e. The van der Waals surface area contributed by atoms with Crippen molar-refractivity contribution < 1.29 is 4.79 Å². The molecule has 3 aromatic rings. The summed E-state index contributed by atoms with van der Waals surface area (Å²) in [6, 6.07) is 7.28. The molecule has 3 rings (SSSR count). The van der Waals surface area contributed by atoms with Crippen molar-refractivity contribution in [2.45, 2.75) is 19.9 Å². The summed E-state index contributed by atoms with van der Waals surface area (Å²) >= 11 is 0. The van der Waals surface area contributed by atoms with Gasteiger partial charge in [-0.1, -0.05) is 6.07 Å². The number of carbonyl (C=O) groups excluding carboxylic acids is 1. The normalized spacial score (nSPS) is 11.2. The lowest BCUT2D eigenvalue weighted by atomic mass is 10.3. The number of amides is 1. The van der Waals surface area contributed by atoms with Crippen LogP contribution in [0.15, 0.2) is 30.5 Å². The first-order valence-corrected chi connectivity index (χ1v) is 6.31. The molecular formula is C13H14N6O. The number of nitrogens with zero attached hydrogens (tertiary/aromatic N) is 4. The number of aromatic nitrogens is 5. The Morgan fingerprint density at radius 3 is 2.90 bits per heavy atom. The largest absolute Gasteiger partial charge is 0.349 e. The SMILES string of the molecule is CC(C)NC(=O)c1cc2nnc(-c3ccccn3)n2[nH]1. The molecule has 0 saturated carbocycles. The van der Waals surface area contributed by atoms with E-state index >= 15 is 0 Å². The van der Waals surface area contributed by atoms with Gasteiger partial charge >= 0.3 is 0 Å². The number of hydrogen-bond donors (Lipinski definition) is 2. The molecule has 3 heterocycles. The standard InChI is InChI=1S/C13H14N6O/c1-8(2)15-13(20)10-7-11-16-17-12(19(11)18-10)9-5-3-4-6-14-9/h3-8,18H,1-2H3,(H,15,20). The topological polar surface area (TPSA) is 88.0 Å². The van der Waals surface area contributed by atoms with Crippen molar-refractivity contribution in [3.05, 3.63) is 36.2 Å². The predicted octanol–water partition coefficient (Wildman–Crippen LogP) is 1.26. The highest BCUT2D eigenvalue weighted by Crippen LogP contribution is 2.15. The van der Waals surface area contributed by atoms with Crippen LogP contribution in [0.1, 0.15) is 24.3 Å². The van der Waals surface area contributed by atoms with Gasteiger partial charge in [0.2, 0.25) is 5.82 Å². The van der Waals surface area contributed by atoms with Crippen molar-refractivity contribution in [2.24, 2.45) is 0 Å². The van der Waals surface area contributed by atoms with Crippen molar-refractivity contribution in [1.29, 1.82) is 0 Å². The van der Waals surface area contributed by atoms with Gasteiger partial charge in [-0.05, 0) is 26.0 Å². The van der Waals surface area contributed by atoms with Crippen molar-refractivity contribution in [3.8, 4) is 11.5 Å². The van der Waals surface area contributed by atoms with E-state index in [4.69, 9.17) is 0 Å². The van der Waals surface area contributed by atoms with Gasteiger partial charge in [0.15, 0.2) is 5.65 Å². The van der Waals surface area contributed by atoms with Crippen LogP contribution in [0.3, 0.4) is 0 Å². The van der Waals surface area contributed by atoms with Gasteiger partial charge in [0.05, 0.1) is 0 Å². The summed E-state index contributed by atoms with van der Waals surface area (Å²) in [7, 11) is 0. The van der Waals surface area contributed by atoms with Crippen LogP contribution in [0.4, 0.5) is 0 Å². The molecule has 0 spiro atoms. The van der Waals surface area contributed by atoms with Gasteiger partial charge in [-0.3, -0.25) is 14.9 Å². The molecule has 0 unspecified atom stereocenters. The molecule has 3 aromatic heterocycles. The van der Waals surface area contributed by atoms with Crippen LogP contribution in [-0.4, -0.2) is 36.7 Å². The first-order chi connectivity index (χ1) is 9.65. The number of fused-ring (bicyclic) bond motifs is 1. The second-order valence-corrected chi connectivity index (χ2v) is 4.73. The van der Waals surface area contributed by atoms with Crippen LogP contribution in [-0.2, 0) is 0 Å². The summed E-state index contributed by atoms with van der Waals surface area (Å²) in [5, 5.41) is 13.9. The van der Waals surface area contributed by atoms with E-state index in [-0.39, 0.29) is 11.9 Å². The monoisotopic (exact) mass is 270 g/mol. The average Bonchev–Trinajstić information content (AvgIpc) is 2.98. The number of aromatic amines is 1. The molecule has 20 heavy (non-hydrogen) atoms. The molecular weight excluding hydrogens is 256 g/mol. The van der Waals surface area contributed by atoms with E-state index in [1.165, 1.54) is 0 Å². The molecule has 7 nitrogen and oxygen atoms in total. The predicted molar refractivity (Wildman–Crippen MR) is 73.2 cm³/mol. The van der Waals surface area contributed by atoms with E-state index in [2.05, 4.69) is 25.6 Å². The van der Waals surface area contributed by atoms with Crippen LogP contribution in [0.5, 0.6) is 0 Å². The highest BCUT2D eigenvalue weighted by molar-refractivity contribution is 5.93. The van der Waals surface area contributed by atoms with Gasteiger partial charge in [0, 0.05) is 18.3 Å². The quantitative estimate of drug-likeness (QED) is 0.750. The molecule has 7 heteroatoms. The van der Waals surface area contributed by atoms with Gasteiger partial charge in [-0.15, -0.1) is 10.2 Å². The number of H-pyrrole nitrogens is 1. The minimum absolute atomic E-state index is 0.0755. The fraction of sp³-hybridized carbons (Fsp3) is 0.231. The van der Waals surface area contributed by atoms with Crippen molar-refractivity contribution in [3.63, 3.8) is 0 Å². The summed E-state index contributed by atoms with van der Waals surface area (Å²) in [5.74, 6) is 0.404. The maximum atomic E-state index is 12.0. The van der Waals surface area contributed by atoms with Crippen molar-refractivity contribution in [1.82, 2.24) is 30.1 Å². The van der Waals surface area contributed by atoms with E-state index in [0.717, 1.165) is 0 Å². The zero-order valence-corrected chi connectivity index (χ0v) is 11.2. The number of carbonyl (C=O) groups is 1. The first-order valence-electron chi connectivity index (χ1n) is 6.31. The summed E-state index contributed by atoms with van der Waals surface area (Å²) in [6.07, 6.45) is 1.69. The number of hydrogen-bond acceptors (Lipinski definition) is 4. The summed E-state index contributed by atoms with van der Waals surface area (Å²) in [6.45, 7) is 3.82. The van der Waals surface area contributed by atoms with Crippen molar-refractivity contribution in [2.75, 3.05) is 0 Å². The molecule has 0 bridgehead atoms. The van der Waals surface area contributed by atoms with Crippen LogP contribution in [0, 0.1) is 0 Å². The Balaban J connectivity index is 2.01. The second-order valence-electron chi connectivity index (χ2n) is 4.73. The third-order valence-electron chi connectivity index (χ3n) is 2.75. The molecule has 0 aliphatic rings. The molecule has 102 valence electrons. The zero-order chi connectivity index (χ0) is 14.1. The Morgan fingerprint density at radius 2 is 2.20 bits per heavy atom. The van der Waals surface area contributed by atoms with Crippen LogP contribution in [0.25, 0.3) is 17.2 Å². The third-order valence-corrected chi connectivity index (χ3v) is 2.75. The first kappa shape index (κ1) is 12.3. The second kappa shape index (κ2) is 4.76. The fourth-order valence-electron chi connectivity index (χ4n) is 1.90. The molecule has 0 radical (unpaired) electrons. The summed E-state index contributed by atoms with van der Waals surface area (Å²) in [5.41, 5.74) is 1.72. The Labute approximate surface area is 115 Å². The van der Waals surface area contributed by atoms with E-state index < -0.39 is 0 Å². The van der Waals surface area contributed by atoms with Crippen LogP contribution >= 0.6 is 0 Å². The molecule has 1 amide bonds. The molecule has 0 aromatic carbocycles.